The molecule has 1 fully saturated rings. The van der Waals surface area contributed by atoms with Crippen LogP contribution >= 0.6 is 0 Å². The van der Waals surface area contributed by atoms with Gasteiger partial charge in [0.15, 0.2) is 0 Å². The first-order valence-corrected chi connectivity index (χ1v) is 10.4. The van der Waals surface area contributed by atoms with E-state index in [4.69, 9.17) is 0 Å². The fraction of sp³-hybridized carbons (Fsp3) is 0.550. The maximum absolute atomic E-state index is 12.5. The van der Waals surface area contributed by atoms with Gasteiger partial charge in [0.05, 0.1) is 5.69 Å². The molecule has 9 heteroatoms. The summed E-state index contributed by atoms with van der Waals surface area (Å²) in [7, 11) is 0. The molecule has 0 radical (unpaired) electrons. The largest absolute Gasteiger partial charge is 0.354 e. The van der Waals surface area contributed by atoms with Gasteiger partial charge in [-0.15, -0.1) is 0 Å². The molecule has 4 N–H and O–H groups in total. The first kappa shape index (κ1) is 20.9. The van der Waals surface area contributed by atoms with Gasteiger partial charge in [-0.3, -0.25) is 9.59 Å². The Labute approximate surface area is 170 Å². The second-order valence-electron chi connectivity index (χ2n) is 7.19. The van der Waals surface area contributed by atoms with Gasteiger partial charge in [0, 0.05) is 25.3 Å². The lowest BCUT2D eigenvalue weighted by atomic mass is 9.95. The molecule has 0 bridgehead atoms. The van der Waals surface area contributed by atoms with Gasteiger partial charge >= 0.3 is 0 Å². The summed E-state index contributed by atoms with van der Waals surface area (Å²) in [6.07, 6.45) is 8.82. The van der Waals surface area contributed by atoms with Gasteiger partial charge in [-0.25, -0.2) is 15.1 Å². The van der Waals surface area contributed by atoms with Crippen molar-refractivity contribution in [3.8, 4) is 11.4 Å². The second-order valence-corrected chi connectivity index (χ2v) is 7.19. The predicted octanol–water partition coefficient (Wildman–Crippen LogP) is 1.70. The van der Waals surface area contributed by atoms with Crippen molar-refractivity contribution in [3.63, 3.8) is 0 Å². The maximum Gasteiger partial charge on any atom is 0.277 e. The van der Waals surface area contributed by atoms with Crippen LogP contribution in [0.25, 0.3) is 11.4 Å². The van der Waals surface area contributed by atoms with Gasteiger partial charge in [0.1, 0.15) is 11.3 Å². The summed E-state index contributed by atoms with van der Waals surface area (Å²) in [6.45, 7) is 4.00. The van der Waals surface area contributed by atoms with Gasteiger partial charge in [0.25, 0.3) is 11.5 Å². The molecule has 2 aromatic rings. The van der Waals surface area contributed by atoms with E-state index in [-0.39, 0.29) is 5.56 Å². The summed E-state index contributed by atoms with van der Waals surface area (Å²) in [6, 6.07) is 3.75. The number of H-pyrrole nitrogens is 1. The van der Waals surface area contributed by atoms with Crippen molar-refractivity contribution >= 4 is 11.9 Å². The van der Waals surface area contributed by atoms with E-state index in [1.807, 2.05) is 6.92 Å². The van der Waals surface area contributed by atoms with Crippen LogP contribution in [-0.2, 0) is 0 Å². The van der Waals surface area contributed by atoms with Crippen LogP contribution in [0.15, 0.2) is 23.1 Å². The van der Waals surface area contributed by atoms with E-state index in [1.54, 1.807) is 12.3 Å². The molecule has 29 heavy (non-hydrogen) atoms. The Morgan fingerprint density at radius 2 is 2.03 bits per heavy atom. The van der Waals surface area contributed by atoms with Crippen molar-refractivity contribution in [2.75, 3.05) is 25.0 Å². The van der Waals surface area contributed by atoms with Crippen molar-refractivity contribution in [1.29, 1.82) is 0 Å². The van der Waals surface area contributed by atoms with Crippen LogP contribution < -0.4 is 21.5 Å². The lowest BCUT2D eigenvalue weighted by Gasteiger charge is -2.22. The summed E-state index contributed by atoms with van der Waals surface area (Å²) in [5, 5.41) is 15.8. The Bertz CT molecular complexity index is 862. The van der Waals surface area contributed by atoms with Crippen molar-refractivity contribution < 1.29 is 4.79 Å². The van der Waals surface area contributed by atoms with Crippen LogP contribution in [0.5, 0.6) is 0 Å². The number of hydrogen-bond acceptors (Lipinski definition) is 7. The van der Waals surface area contributed by atoms with Crippen LogP contribution in [0.2, 0.25) is 0 Å². The molecular formula is C20H29N7O2. The van der Waals surface area contributed by atoms with Gasteiger partial charge in [0.2, 0.25) is 5.95 Å². The van der Waals surface area contributed by atoms with E-state index in [2.05, 4.69) is 36.1 Å². The molecule has 1 saturated carbocycles. The lowest BCUT2D eigenvalue weighted by molar-refractivity contribution is 0.0951. The Morgan fingerprint density at radius 3 is 2.83 bits per heavy atom. The standard InChI is InChI=1S/C20H29N7O2/c1-2-21-20-24-12-9-16(25-20)17-13-15(19(29)27-26-17)18(28)23-11-6-10-22-14-7-4-3-5-8-14/h9,12-14,22H,2-8,10-11H2,1H3,(H,23,28)(H,27,29)(H,21,24,25). The predicted molar refractivity (Wildman–Crippen MR) is 112 cm³/mol. The molecule has 3 rings (SSSR count). The lowest BCUT2D eigenvalue weighted by Crippen LogP contribution is -2.35. The minimum atomic E-state index is -0.521. The molecule has 1 aliphatic carbocycles. The average molecular weight is 399 g/mol. The molecule has 1 amide bonds. The Kier molecular flexibility index (Phi) is 7.69. The summed E-state index contributed by atoms with van der Waals surface area (Å²) in [5.41, 5.74) is 0.444. The number of nitrogens with zero attached hydrogens (tertiary/aromatic N) is 3. The number of amides is 1. The minimum Gasteiger partial charge on any atom is -0.354 e. The van der Waals surface area contributed by atoms with Gasteiger partial charge < -0.3 is 16.0 Å². The summed E-state index contributed by atoms with van der Waals surface area (Å²) >= 11 is 0. The Balaban J connectivity index is 1.55. The highest BCUT2D eigenvalue weighted by molar-refractivity contribution is 5.94. The smallest absolute Gasteiger partial charge is 0.277 e. The van der Waals surface area contributed by atoms with Crippen LogP contribution in [0.3, 0.4) is 0 Å². The molecular weight excluding hydrogens is 370 g/mol. The first-order valence-electron chi connectivity index (χ1n) is 10.4. The number of anilines is 1. The third-order valence-corrected chi connectivity index (χ3v) is 4.98. The van der Waals surface area contributed by atoms with Crippen molar-refractivity contribution in [2.24, 2.45) is 0 Å². The number of nitrogens with one attached hydrogen (secondary N) is 4. The van der Waals surface area contributed by atoms with Gasteiger partial charge in [-0.2, -0.15) is 5.10 Å². The third-order valence-electron chi connectivity index (χ3n) is 4.98. The number of aromatic amines is 1. The van der Waals surface area contributed by atoms with E-state index < -0.39 is 11.5 Å². The molecule has 0 aliphatic heterocycles. The highest BCUT2D eigenvalue weighted by Crippen LogP contribution is 2.17. The van der Waals surface area contributed by atoms with E-state index in [1.165, 1.54) is 38.2 Å². The van der Waals surface area contributed by atoms with Gasteiger partial charge in [-0.1, -0.05) is 19.3 Å². The summed E-state index contributed by atoms with van der Waals surface area (Å²) < 4.78 is 0. The van der Waals surface area contributed by atoms with Crippen LogP contribution in [0.1, 0.15) is 55.8 Å². The number of aromatic nitrogens is 4. The molecule has 0 aromatic carbocycles. The first-order chi connectivity index (χ1) is 14.2. The minimum absolute atomic E-state index is 0.0267. The normalized spacial score (nSPS) is 14.5. The molecule has 156 valence electrons. The molecule has 9 nitrogen and oxygen atoms in total. The highest BCUT2D eigenvalue weighted by atomic mass is 16.2. The Morgan fingerprint density at radius 1 is 1.21 bits per heavy atom. The number of rotatable bonds is 9. The SMILES string of the molecule is CCNc1nccc(-c2cc(C(=O)NCCCNC3CCCCC3)c(=O)[nH]n2)n1. The van der Waals surface area contributed by atoms with Crippen molar-refractivity contribution in [2.45, 2.75) is 51.5 Å². The average Bonchev–Trinajstić information content (AvgIpc) is 2.75. The van der Waals surface area contributed by atoms with E-state index in [0.717, 1.165) is 13.0 Å². The maximum atomic E-state index is 12.5. The zero-order valence-electron chi connectivity index (χ0n) is 16.8. The Hall–Kier alpha value is -2.81. The quantitative estimate of drug-likeness (QED) is 0.473. The fourth-order valence-electron chi connectivity index (χ4n) is 3.45. The zero-order valence-corrected chi connectivity index (χ0v) is 16.8. The molecule has 0 saturated heterocycles. The van der Waals surface area contributed by atoms with Crippen molar-refractivity contribution in [1.82, 2.24) is 30.8 Å². The summed E-state index contributed by atoms with van der Waals surface area (Å²) in [5.74, 6) is 0.0583. The van der Waals surface area contributed by atoms with E-state index in [0.29, 0.717) is 36.5 Å². The molecule has 0 spiro atoms. The number of hydrogen-bond donors (Lipinski definition) is 4. The van der Waals surface area contributed by atoms with E-state index in [9.17, 15) is 9.59 Å². The molecule has 0 atom stereocenters. The fourth-order valence-corrected chi connectivity index (χ4v) is 3.45. The van der Waals surface area contributed by atoms with Crippen LogP contribution in [0.4, 0.5) is 5.95 Å². The van der Waals surface area contributed by atoms with Crippen LogP contribution in [0, 0.1) is 0 Å². The molecule has 2 heterocycles. The number of carbonyl (C=O) groups excluding carboxylic acids is 1. The van der Waals surface area contributed by atoms with E-state index >= 15 is 0 Å². The third kappa shape index (κ3) is 6.08. The van der Waals surface area contributed by atoms with Gasteiger partial charge in [-0.05, 0) is 44.9 Å². The summed E-state index contributed by atoms with van der Waals surface area (Å²) in [4.78, 5) is 33.0. The molecule has 1 aliphatic rings. The topological polar surface area (TPSA) is 125 Å². The monoisotopic (exact) mass is 399 g/mol. The number of carbonyl (C=O) groups is 1. The molecule has 0 unspecified atom stereocenters. The van der Waals surface area contributed by atoms with Crippen LogP contribution in [-0.4, -0.2) is 51.7 Å². The van der Waals surface area contributed by atoms with Crippen molar-refractivity contribution in [3.05, 3.63) is 34.2 Å². The highest BCUT2D eigenvalue weighted by Gasteiger charge is 2.15. The molecule has 2 aromatic heterocycles. The zero-order chi connectivity index (χ0) is 20.5. The second kappa shape index (κ2) is 10.7.